The molecular formula is C26H27ClO4S. The van der Waals surface area contributed by atoms with Gasteiger partial charge in [-0.05, 0) is 54.3 Å². The van der Waals surface area contributed by atoms with Gasteiger partial charge in [-0.3, -0.25) is 4.79 Å². The Kier molecular flexibility index (Phi) is 9.32. The number of hydrogen-bond acceptors (Lipinski definition) is 4. The van der Waals surface area contributed by atoms with Crippen molar-refractivity contribution in [3.8, 4) is 17.2 Å². The number of thioether (sulfide) groups is 1. The van der Waals surface area contributed by atoms with E-state index in [-0.39, 0.29) is 6.42 Å². The third-order valence-electron chi connectivity index (χ3n) is 4.69. The van der Waals surface area contributed by atoms with Gasteiger partial charge in [0.1, 0.15) is 17.2 Å². The molecule has 3 aromatic carbocycles. The third-order valence-corrected chi connectivity index (χ3v) is 6.28. The fourth-order valence-electron chi connectivity index (χ4n) is 3.20. The first-order valence-electron chi connectivity index (χ1n) is 10.7. The van der Waals surface area contributed by atoms with E-state index in [1.54, 1.807) is 17.8 Å². The molecule has 3 rings (SSSR count). The lowest BCUT2D eigenvalue weighted by atomic mass is 10.1. The van der Waals surface area contributed by atoms with Crippen LogP contribution >= 0.6 is 23.4 Å². The fourth-order valence-corrected chi connectivity index (χ4v) is 4.41. The number of carboxylic acids is 1. The van der Waals surface area contributed by atoms with Crippen LogP contribution in [0.5, 0.6) is 17.2 Å². The molecule has 0 radical (unpaired) electrons. The van der Waals surface area contributed by atoms with E-state index in [2.05, 4.69) is 13.0 Å². The summed E-state index contributed by atoms with van der Waals surface area (Å²) in [5, 5.41) is 9.48. The van der Waals surface area contributed by atoms with Crippen LogP contribution < -0.4 is 9.47 Å². The molecule has 32 heavy (non-hydrogen) atoms. The summed E-state index contributed by atoms with van der Waals surface area (Å²) >= 11 is 7.95. The maximum atomic E-state index is 10.8. The Morgan fingerprint density at radius 2 is 1.84 bits per heavy atom. The van der Waals surface area contributed by atoms with Crippen molar-refractivity contribution in [2.45, 2.75) is 37.5 Å². The molecule has 4 nitrogen and oxygen atoms in total. The van der Waals surface area contributed by atoms with Crippen molar-refractivity contribution in [1.82, 2.24) is 0 Å². The number of aryl methyl sites for hydroxylation is 1. The highest BCUT2D eigenvalue weighted by atomic mass is 35.5. The van der Waals surface area contributed by atoms with Gasteiger partial charge >= 0.3 is 5.97 Å². The summed E-state index contributed by atoms with van der Waals surface area (Å²) in [6, 6.07) is 21.1. The number of carboxylic acid groups (broad SMARTS) is 1. The summed E-state index contributed by atoms with van der Waals surface area (Å²) in [7, 11) is 0. The number of benzene rings is 3. The predicted octanol–water partition coefficient (Wildman–Crippen LogP) is 7.27. The van der Waals surface area contributed by atoms with E-state index in [0.29, 0.717) is 17.2 Å². The average molecular weight is 471 g/mol. The molecule has 0 heterocycles. The molecule has 3 aromatic rings. The number of aliphatic carboxylic acids is 1. The molecule has 0 unspecified atom stereocenters. The Labute approximate surface area is 198 Å². The van der Waals surface area contributed by atoms with Crippen molar-refractivity contribution >= 4 is 29.3 Å². The van der Waals surface area contributed by atoms with E-state index in [1.807, 2.05) is 54.6 Å². The molecule has 0 aliphatic heterocycles. The van der Waals surface area contributed by atoms with Gasteiger partial charge in [0.15, 0.2) is 0 Å². The van der Waals surface area contributed by atoms with Gasteiger partial charge < -0.3 is 14.6 Å². The molecule has 6 heteroatoms. The van der Waals surface area contributed by atoms with Crippen molar-refractivity contribution in [3.05, 3.63) is 82.9 Å². The molecule has 0 amide bonds. The molecular weight excluding hydrogens is 444 g/mol. The average Bonchev–Trinajstić information content (AvgIpc) is 2.77. The Hall–Kier alpha value is -2.63. The zero-order valence-electron chi connectivity index (χ0n) is 18.1. The van der Waals surface area contributed by atoms with Gasteiger partial charge in [0.2, 0.25) is 0 Å². The minimum absolute atomic E-state index is 0.0222. The van der Waals surface area contributed by atoms with Crippen LogP contribution in [0.15, 0.2) is 71.6 Å². The molecule has 0 aromatic heterocycles. The second-order valence-electron chi connectivity index (χ2n) is 7.32. The van der Waals surface area contributed by atoms with Crippen molar-refractivity contribution < 1.29 is 19.4 Å². The first kappa shape index (κ1) is 24.0. The topological polar surface area (TPSA) is 55.8 Å². The number of halogens is 1. The highest BCUT2D eigenvalue weighted by Crippen LogP contribution is 2.31. The minimum atomic E-state index is -0.862. The largest absolute Gasteiger partial charge is 0.493 e. The van der Waals surface area contributed by atoms with Crippen LogP contribution in [0.2, 0.25) is 5.02 Å². The number of carbonyl (C=O) groups is 1. The van der Waals surface area contributed by atoms with E-state index < -0.39 is 5.97 Å². The number of ether oxygens (including phenoxy) is 2. The van der Waals surface area contributed by atoms with Gasteiger partial charge in [0, 0.05) is 16.7 Å². The Morgan fingerprint density at radius 3 is 2.56 bits per heavy atom. The van der Waals surface area contributed by atoms with Gasteiger partial charge in [0.25, 0.3) is 0 Å². The maximum Gasteiger partial charge on any atom is 0.307 e. The zero-order valence-corrected chi connectivity index (χ0v) is 19.6. The van der Waals surface area contributed by atoms with Crippen LogP contribution in [0.3, 0.4) is 0 Å². The Bertz CT molecular complexity index is 1020. The second kappa shape index (κ2) is 12.4. The van der Waals surface area contributed by atoms with Crippen LogP contribution in [0.4, 0.5) is 0 Å². The zero-order chi connectivity index (χ0) is 22.8. The summed E-state index contributed by atoms with van der Waals surface area (Å²) in [4.78, 5) is 11.8. The first-order chi connectivity index (χ1) is 15.5. The van der Waals surface area contributed by atoms with Crippen molar-refractivity contribution in [3.63, 3.8) is 0 Å². The molecule has 0 aliphatic carbocycles. The quantitative estimate of drug-likeness (QED) is 0.223. The maximum absolute atomic E-state index is 10.8. The van der Waals surface area contributed by atoms with Gasteiger partial charge in [-0.15, -0.1) is 11.8 Å². The van der Waals surface area contributed by atoms with Crippen molar-refractivity contribution in [2.75, 3.05) is 12.4 Å². The third kappa shape index (κ3) is 7.50. The van der Waals surface area contributed by atoms with Crippen LogP contribution in [-0.2, 0) is 17.6 Å². The normalized spacial score (nSPS) is 10.7. The molecule has 0 saturated heterocycles. The lowest BCUT2D eigenvalue weighted by molar-refractivity contribution is -0.136. The van der Waals surface area contributed by atoms with Crippen molar-refractivity contribution in [2.24, 2.45) is 0 Å². The van der Waals surface area contributed by atoms with Crippen molar-refractivity contribution in [1.29, 1.82) is 0 Å². The Balaban J connectivity index is 1.53. The van der Waals surface area contributed by atoms with E-state index >= 15 is 0 Å². The fraction of sp³-hybridized carbons (Fsp3) is 0.269. The van der Waals surface area contributed by atoms with E-state index in [4.69, 9.17) is 26.2 Å². The predicted molar refractivity (Wildman–Crippen MR) is 131 cm³/mol. The monoisotopic (exact) mass is 470 g/mol. The summed E-state index contributed by atoms with van der Waals surface area (Å²) in [6.07, 6.45) is 2.83. The Morgan fingerprint density at radius 1 is 1.03 bits per heavy atom. The SMILES string of the molecule is CCCc1ccc(Oc2ccccc2)cc1OCCCSc1ccc(CC(=O)O)cc1Cl. The lowest BCUT2D eigenvalue weighted by Crippen LogP contribution is -2.02. The summed E-state index contributed by atoms with van der Waals surface area (Å²) in [5.41, 5.74) is 1.88. The molecule has 0 bridgehead atoms. The molecule has 0 spiro atoms. The molecule has 0 atom stereocenters. The van der Waals surface area contributed by atoms with Crippen LogP contribution in [0.25, 0.3) is 0 Å². The van der Waals surface area contributed by atoms with Crippen LogP contribution in [0.1, 0.15) is 30.9 Å². The van der Waals surface area contributed by atoms with Gasteiger partial charge in [0.05, 0.1) is 18.1 Å². The number of para-hydroxylation sites is 1. The van der Waals surface area contributed by atoms with Gasteiger partial charge in [-0.2, -0.15) is 0 Å². The lowest BCUT2D eigenvalue weighted by Gasteiger charge is -2.14. The van der Waals surface area contributed by atoms with Crippen LogP contribution in [0, 0.1) is 0 Å². The van der Waals surface area contributed by atoms with Crippen LogP contribution in [-0.4, -0.2) is 23.4 Å². The van der Waals surface area contributed by atoms with E-state index in [9.17, 15) is 4.79 Å². The summed E-state index contributed by atoms with van der Waals surface area (Å²) < 4.78 is 12.1. The second-order valence-corrected chi connectivity index (χ2v) is 8.86. The number of hydrogen-bond donors (Lipinski definition) is 1. The standard InChI is InChI=1S/C26H27ClO4S/c1-2-7-20-11-12-22(31-21-8-4-3-5-9-21)18-24(20)30-14-6-15-32-25-13-10-19(16-23(25)27)17-26(28)29/h3-5,8-13,16,18H,2,6-7,14-15,17H2,1H3,(H,28,29). The number of rotatable bonds is 12. The molecule has 1 N–H and O–H groups in total. The van der Waals surface area contributed by atoms with E-state index in [1.165, 1.54) is 5.56 Å². The first-order valence-corrected chi connectivity index (χ1v) is 12.0. The summed E-state index contributed by atoms with van der Waals surface area (Å²) in [5.74, 6) is 2.40. The highest BCUT2D eigenvalue weighted by Gasteiger charge is 2.08. The smallest absolute Gasteiger partial charge is 0.307 e. The summed E-state index contributed by atoms with van der Waals surface area (Å²) in [6.45, 7) is 2.74. The molecule has 0 fully saturated rings. The molecule has 168 valence electrons. The minimum Gasteiger partial charge on any atom is -0.493 e. The molecule has 0 saturated carbocycles. The molecule has 0 aliphatic rings. The van der Waals surface area contributed by atoms with Gasteiger partial charge in [-0.25, -0.2) is 0 Å². The van der Waals surface area contributed by atoms with Gasteiger partial charge in [-0.1, -0.05) is 55.3 Å². The highest BCUT2D eigenvalue weighted by molar-refractivity contribution is 7.99. The van der Waals surface area contributed by atoms with E-state index in [0.717, 1.165) is 47.2 Å².